The molecule has 3 heteroatoms. The molecule has 3 atom stereocenters. The van der Waals surface area contributed by atoms with Crippen LogP contribution >= 0.6 is 0 Å². The first-order valence-electron chi connectivity index (χ1n) is 5.81. The monoisotopic (exact) mass is 215 g/mol. The molecule has 0 aliphatic rings. The molecule has 3 unspecified atom stereocenters. The third-order valence-corrected chi connectivity index (χ3v) is 2.53. The second kappa shape index (κ2) is 6.83. The maximum atomic E-state index is 10.6. The molecule has 0 heterocycles. The van der Waals surface area contributed by atoms with Crippen LogP contribution in [0.25, 0.3) is 0 Å². The Hall–Kier alpha value is -0.570. The summed E-state index contributed by atoms with van der Waals surface area (Å²) >= 11 is 0. The molecule has 0 amide bonds. The lowest BCUT2D eigenvalue weighted by atomic mass is 9.93. The summed E-state index contributed by atoms with van der Waals surface area (Å²) in [5, 5.41) is 11.8. The van der Waals surface area contributed by atoms with Crippen molar-refractivity contribution in [2.75, 3.05) is 0 Å². The van der Waals surface area contributed by atoms with Gasteiger partial charge in [-0.05, 0) is 38.5 Å². The Morgan fingerprint density at radius 1 is 1.13 bits per heavy atom. The molecule has 15 heavy (non-hydrogen) atoms. The van der Waals surface area contributed by atoms with Gasteiger partial charge in [-0.2, -0.15) is 0 Å². The van der Waals surface area contributed by atoms with E-state index >= 15 is 0 Å². The fourth-order valence-corrected chi connectivity index (χ4v) is 2.07. The van der Waals surface area contributed by atoms with Crippen LogP contribution in [-0.4, -0.2) is 23.2 Å². The summed E-state index contributed by atoms with van der Waals surface area (Å²) in [4.78, 5) is 10.6. The van der Waals surface area contributed by atoms with Crippen molar-refractivity contribution >= 4 is 5.97 Å². The first-order valence-corrected chi connectivity index (χ1v) is 5.81. The Morgan fingerprint density at radius 3 is 2.07 bits per heavy atom. The molecule has 0 aromatic heterocycles. The molecule has 0 aromatic carbocycles. The molecule has 0 spiro atoms. The van der Waals surface area contributed by atoms with Gasteiger partial charge < -0.3 is 10.4 Å². The maximum absolute atomic E-state index is 10.6. The average molecular weight is 215 g/mol. The van der Waals surface area contributed by atoms with Gasteiger partial charge in [0.15, 0.2) is 0 Å². The zero-order valence-corrected chi connectivity index (χ0v) is 10.6. The zero-order chi connectivity index (χ0) is 12.0. The van der Waals surface area contributed by atoms with Crippen LogP contribution in [0.1, 0.15) is 47.5 Å². The van der Waals surface area contributed by atoms with Crippen molar-refractivity contribution < 1.29 is 9.90 Å². The molecule has 0 radical (unpaired) electrons. The van der Waals surface area contributed by atoms with Crippen LogP contribution < -0.4 is 5.32 Å². The molecule has 0 aromatic rings. The van der Waals surface area contributed by atoms with Crippen molar-refractivity contribution in [1.29, 1.82) is 0 Å². The van der Waals surface area contributed by atoms with Crippen LogP contribution in [0.15, 0.2) is 0 Å². The summed E-state index contributed by atoms with van der Waals surface area (Å²) in [7, 11) is 0. The molecule has 0 saturated heterocycles. The standard InChI is InChI=1S/C12H25NO2/c1-8(2)6-9(3)7-10(4)13-11(5)12(14)15/h8-11,13H,6-7H2,1-5H3,(H,14,15). The number of aliphatic carboxylic acids is 1. The van der Waals surface area contributed by atoms with Gasteiger partial charge in [0, 0.05) is 6.04 Å². The third kappa shape index (κ3) is 7.37. The number of rotatable bonds is 7. The SMILES string of the molecule is CC(C)CC(C)CC(C)NC(C)C(=O)O. The summed E-state index contributed by atoms with van der Waals surface area (Å²) in [5.74, 6) is 0.580. The highest BCUT2D eigenvalue weighted by molar-refractivity contribution is 5.72. The lowest BCUT2D eigenvalue weighted by molar-refractivity contribution is -0.139. The van der Waals surface area contributed by atoms with Gasteiger partial charge in [-0.1, -0.05) is 20.8 Å². The minimum Gasteiger partial charge on any atom is -0.480 e. The van der Waals surface area contributed by atoms with Crippen molar-refractivity contribution in [2.24, 2.45) is 11.8 Å². The van der Waals surface area contributed by atoms with E-state index in [9.17, 15) is 4.79 Å². The highest BCUT2D eigenvalue weighted by Crippen LogP contribution is 2.16. The van der Waals surface area contributed by atoms with Crippen molar-refractivity contribution in [1.82, 2.24) is 5.32 Å². The van der Waals surface area contributed by atoms with Crippen molar-refractivity contribution in [3.63, 3.8) is 0 Å². The van der Waals surface area contributed by atoms with Gasteiger partial charge in [-0.15, -0.1) is 0 Å². The molecule has 0 rings (SSSR count). The molecule has 0 aliphatic heterocycles. The fraction of sp³-hybridized carbons (Fsp3) is 0.917. The summed E-state index contributed by atoms with van der Waals surface area (Å²) in [6, 6.07) is -0.184. The third-order valence-electron chi connectivity index (χ3n) is 2.53. The van der Waals surface area contributed by atoms with E-state index in [1.165, 1.54) is 6.42 Å². The Labute approximate surface area is 93.3 Å². The summed E-state index contributed by atoms with van der Waals surface area (Å²) in [6.07, 6.45) is 2.24. The van der Waals surface area contributed by atoms with Crippen molar-refractivity contribution in [2.45, 2.75) is 59.5 Å². The van der Waals surface area contributed by atoms with E-state index in [1.807, 2.05) is 0 Å². The lowest BCUT2D eigenvalue weighted by Crippen LogP contribution is -2.40. The number of hydrogen-bond acceptors (Lipinski definition) is 2. The molecule has 90 valence electrons. The van der Waals surface area contributed by atoms with E-state index in [0.29, 0.717) is 11.8 Å². The predicted octanol–water partition coefficient (Wildman–Crippen LogP) is 2.51. The van der Waals surface area contributed by atoms with E-state index in [-0.39, 0.29) is 6.04 Å². The molecule has 0 fully saturated rings. The summed E-state index contributed by atoms with van der Waals surface area (Å²) in [5.41, 5.74) is 0. The largest absolute Gasteiger partial charge is 0.480 e. The molecular formula is C12H25NO2. The lowest BCUT2D eigenvalue weighted by Gasteiger charge is -2.21. The Morgan fingerprint density at radius 2 is 1.67 bits per heavy atom. The van der Waals surface area contributed by atoms with Crippen LogP contribution in [0.4, 0.5) is 0 Å². The minimum absolute atomic E-state index is 0.268. The number of carboxylic acid groups (broad SMARTS) is 1. The zero-order valence-electron chi connectivity index (χ0n) is 10.6. The van der Waals surface area contributed by atoms with Gasteiger partial charge in [0.2, 0.25) is 0 Å². The van der Waals surface area contributed by atoms with Crippen LogP contribution in [0.5, 0.6) is 0 Å². The smallest absolute Gasteiger partial charge is 0.320 e. The van der Waals surface area contributed by atoms with Crippen molar-refractivity contribution in [3.05, 3.63) is 0 Å². The van der Waals surface area contributed by atoms with Gasteiger partial charge in [-0.25, -0.2) is 0 Å². The molecular weight excluding hydrogens is 190 g/mol. The topological polar surface area (TPSA) is 49.3 Å². The average Bonchev–Trinajstić information content (AvgIpc) is 2.00. The Kier molecular flexibility index (Phi) is 6.57. The molecule has 2 N–H and O–H groups in total. The van der Waals surface area contributed by atoms with E-state index in [4.69, 9.17) is 5.11 Å². The van der Waals surface area contributed by atoms with Crippen LogP contribution in [0, 0.1) is 11.8 Å². The second-order valence-corrected chi connectivity index (χ2v) is 5.10. The minimum atomic E-state index is -0.779. The van der Waals surface area contributed by atoms with E-state index in [0.717, 1.165) is 6.42 Å². The second-order valence-electron chi connectivity index (χ2n) is 5.10. The van der Waals surface area contributed by atoms with Crippen LogP contribution in [-0.2, 0) is 4.79 Å². The predicted molar refractivity (Wildman–Crippen MR) is 62.9 cm³/mol. The fourth-order valence-electron chi connectivity index (χ4n) is 2.07. The van der Waals surface area contributed by atoms with E-state index in [2.05, 4.69) is 33.0 Å². The highest BCUT2D eigenvalue weighted by atomic mass is 16.4. The highest BCUT2D eigenvalue weighted by Gasteiger charge is 2.16. The Balaban J connectivity index is 3.82. The summed E-state index contributed by atoms with van der Waals surface area (Å²) < 4.78 is 0. The molecule has 0 saturated carbocycles. The first kappa shape index (κ1) is 14.4. The van der Waals surface area contributed by atoms with E-state index in [1.54, 1.807) is 6.92 Å². The quantitative estimate of drug-likeness (QED) is 0.686. The number of hydrogen-bond donors (Lipinski definition) is 2. The normalized spacial score (nSPS) is 17.5. The van der Waals surface area contributed by atoms with Crippen LogP contribution in [0.2, 0.25) is 0 Å². The van der Waals surface area contributed by atoms with Crippen molar-refractivity contribution in [3.8, 4) is 0 Å². The van der Waals surface area contributed by atoms with Gasteiger partial charge in [-0.3, -0.25) is 4.79 Å². The number of nitrogens with one attached hydrogen (secondary N) is 1. The van der Waals surface area contributed by atoms with Crippen LogP contribution in [0.3, 0.4) is 0 Å². The maximum Gasteiger partial charge on any atom is 0.320 e. The first-order chi connectivity index (χ1) is 6.82. The van der Waals surface area contributed by atoms with Gasteiger partial charge in [0.1, 0.15) is 6.04 Å². The summed E-state index contributed by atoms with van der Waals surface area (Å²) in [6.45, 7) is 10.4. The van der Waals surface area contributed by atoms with Gasteiger partial charge >= 0.3 is 5.97 Å². The number of carboxylic acids is 1. The Bertz CT molecular complexity index is 192. The van der Waals surface area contributed by atoms with Gasteiger partial charge in [0.25, 0.3) is 0 Å². The molecule has 0 aliphatic carbocycles. The van der Waals surface area contributed by atoms with E-state index < -0.39 is 12.0 Å². The molecule has 0 bridgehead atoms. The van der Waals surface area contributed by atoms with Gasteiger partial charge in [0.05, 0.1) is 0 Å². The number of carbonyl (C=O) groups is 1. The molecule has 3 nitrogen and oxygen atoms in total.